The van der Waals surface area contributed by atoms with E-state index in [0.29, 0.717) is 12.6 Å². The Morgan fingerprint density at radius 3 is 2.48 bits per heavy atom. The van der Waals surface area contributed by atoms with Crippen LogP contribution in [0.25, 0.3) is 0 Å². The zero-order chi connectivity index (χ0) is 18.0. The van der Waals surface area contributed by atoms with Gasteiger partial charge in [-0.1, -0.05) is 12.1 Å². The molecule has 1 saturated heterocycles. The largest absolute Gasteiger partial charge is 0.497 e. The maximum atomic E-state index is 12.8. The predicted molar refractivity (Wildman–Crippen MR) is 103 cm³/mol. The van der Waals surface area contributed by atoms with Gasteiger partial charge in [0, 0.05) is 31.1 Å². The second-order valence-electron chi connectivity index (χ2n) is 7.28. The average Bonchev–Trinajstić information content (AvgIpc) is 3.28. The van der Waals surface area contributed by atoms with E-state index < -0.39 is 0 Å². The molecule has 3 rings (SSSR count). The first-order valence-electron chi connectivity index (χ1n) is 8.97. The first-order chi connectivity index (χ1) is 12.0. The minimum Gasteiger partial charge on any atom is -0.497 e. The van der Waals surface area contributed by atoms with E-state index >= 15 is 0 Å². The SMILES string of the molecule is COc1ccc([C@@H]2CN(C(=S)NC(C)C)C[C@H]2C(=O)NC2CC2)cc1. The molecule has 2 aliphatic rings. The summed E-state index contributed by atoms with van der Waals surface area (Å²) in [6.07, 6.45) is 2.20. The van der Waals surface area contributed by atoms with E-state index in [9.17, 15) is 4.79 Å². The number of hydrogen-bond donors (Lipinski definition) is 2. The van der Waals surface area contributed by atoms with E-state index in [4.69, 9.17) is 17.0 Å². The molecule has 25 heavy (non-hydrogen) atoms. The summed E-state index contributed by atoms with van der Waals surface area (Å²) in [5, 5.41) is 7.19. The van der Waals surface area contributed by atoms with Gasteiger partial charge in [-0.3, -0.25) is 4.79 Å². The number of amides is 1. The lowest BCUT2D eigenvalue weighted by atomic mass is 9.88. The highest BCUT2D eigenvalue weighted by Gasteiger charge is 2.40. The molecule has 1 amide bonds. The number of ether oxygens (including phenoxy) is 1. The van der Waals surface area contributed by atoms with Crippen molar-refractivity contribution < 1.29 is 9.53 Å². The zero-order valence-corrected chi connectivity index (χ0v) is 15.9. The quantitative estimate of drug-likeness (QED) is 0.788. The third-order valence-electron chi connectivity index (χ3n) is 4.82. The number of likely N-dealkylation sites (tertiary alicyclic amines) is 1. The molecular formula is C19H27N3O2S. The molecule has 6 heteroatoms. The predicted octanol–water partition coefficient (Wildman–Crippen LogP) is 2.27. The Morgan fingerprint density at radius 2 is 1.92 bits per heavy atom. The molecule has 2 fully saturated rings. The Kier molecular flexibility index (Phi) is 5.47. The summed E-state index contributed by atoms with van der Waals surface area (Å²) in [6.45, 7) is 5.56. The van der Waals surface area contributed by atoms with E-state index in [2.05, 4.69) is 41.5 Å². The van der Waals surface area contributed by atoms with Crippen LogP contribution in [0.5, 0.6) is 5.75 Å². The van der Waals surface area contributed by atoms with Crippen molar-refractivity contribution >= 4 is 23.2 Å². The second kappa shape index (κ2) is 7.60. The van der Waals surface area contributed by atoms with E-state index in [1.165, 1.54) is 0 Å². The summed E-state index contributed by atoms with van der Waals surface area (Å²) in [5.41, 5.74) is 1.16. The van der Waals surface area contributed by atoms with Crippen LogP contribution in [0.1, 0.15) is 38.2 Å². The number of rotatable bonds is 5. The van der Waals surface area contributed by atoms with Crippen LogP contribution in [0.15, 0.2) is 24.3 Å². The van der Waals surface area contributed by atoms with Gasteiger partial charge in [-0.05, 0) is 56.6 Å². The third-order valence-corrected chi connectivity index (χ3v) is 5.20. The van der Waals surface area contributed by atoms with Crippen molar-refractivity contribution in [1.29, 1.82) is 0 Å². The number of hydrogen-bond acceptors (Lipinski definition) is 3. The molecule has 0 radical (unpaired) electrons. The number of carbonyl (C=O) groups is 1. The summed E-state index contributed by atoms with van der Waals surface area (Å²) >= 11 is 5.54. The molecule has 1 heterocycles. The number of carbonyl (C=O) groups excluding carboxylic acids is 1. The van der Waals surface area contributed by atoms with Crippen molar-refractivity contribution in [3.63, 3.8) is 0 Å². The molecule has 0 bridgehead atoms. The molecule has 5 nitrogen and oxygen atoms in total. The Morgan fingerprint density at radius 1 is 1.24 bits per heavy atom. The minimum atomic E-state index is -0.0825. The van der Waals surface area contributed by atoms with Gasteiger partial charge in [0.05, 0.1) is 13.0 Å². The fraction of sp³-hybridized carbons (Fsp3) is 0.579. The summed E-state index contributed by atoms with van der Waals surface area (Å²) < 4.78 is 5.25. The third kappa shape index (κ3) is 4.42. The van der Waals surface area contributed by atoms with Crippen LogP contribution in [0.3, 0.4) is 0 Å². The highest BCUT2D eigenvalue weighted by atomic mass is 32.1. The van der Waals surface area contributed by atoms with E-state index in [-0.39, 0.29) is 23.8 Å². The van der Waals surface area contributed by atoms with Crippen molar-refractivity contribution in [1.82, 2.24) is 15.5 Å². The molecule has 136 valence electrons. The van der Waals surface area contributed by atoms with Crippen molar-refractivity contribution in [2.24, 2.45) is 5.92 Å². The summed E-state index contributed by atoms with van der Waals surface area (Å²) in [6, 6.07) is 8.69. The molecule has 2 N–H and O–H groups in total. The number of nitrogens with zero attached hydrogens (tertiary/aromatic N) is 1. The fourth-order valence-corrected chi connectivity index (χ4v) is 3.68. The molecule has 1 saturated carbocycles. The lowest BCUT2D eigenvalue weighted by Gasteiger charge is -2.22. The van der Waals surface area contributed by atoms with Crippen LogP contribution in [0.2, 0.25) is 0 Å². The molecule has 1 aromatic carbocycles. The van der Waals surface area contributed by atoms with Gasteiger partial charge in [-0.2, -0.15) is 0 Å². The fourth-order valence-electron chi connectivity index (χ4n) is 3.30. The smallest absolute Gasteiger partial charge is 0.225 e. The van der Waals surface area contributed by atoms with Crippen molar-refractivity contribution in [3.8, 4) is 5.75 Å². The molecule has 0 aromatic heterocycles. The second-order valence-corrected chi connectivity index (χ2v) is 7.66. The van der Waals surface area contributed by atoms with Gasteiger partial charge in [0.15, 0.2) is 5.11 Å². The monoisotopic (exact) mass is 361 g/mol. The molecule has 1 aliphatic carbocycles. The highest BCUT2D eigenvalue weighted by Crippen LogP contribution is 2.34. The summed E-state index contributed by atoms with van der Waals surface area (Å²) in [5.74, 6) is 1.03. The van der Waals surface area contributed by atoms with Gasteiger partial charge in [0.2, 0.25) is 5.91 Å². The Bertz CT molecular complexity index is 628. The number of methoxy groups -OCH3 is 1. The van der Waals surface area contributed by atoms with Gasteiger partial charge in [0.25, 0.3) is 0 Å². The maximum absolute atomic E-state index is 12.8. The summed E-state index contributed by atoms with van der Waals surface area (Å²) in [7, 11) is 1.66. The van der Waals surface area contributed by atoms with Crippen LogP contribution >= 0.6 is 12.2 Å². The van der Waals surface area contributed by atoms with E-state index in [0.717, 1.165) is 35.8 Å². The summed E-state index contributed by atoms with van der Waals surface area (Å²) in [4.78, 5) is 14.9. The van der Waals surface area contributed by atoms with Crippen LogP contribution < -0.4 is 15.4 Å². The van der Waals surface area contributed by atoms with Gasteiger partial charge in [-0.15, -0.1) is 0 Å². The number of benzene rings is 1. The van der Waals surface area contributed by atoms with Gasteiger partial charge in [-0.25, -0.2) is 0 Å². The van der Waals surface area contributed by atoms with Crippen LogP contribution in [0, 0.1) is 5.92 Å². The van der Waals surface area contributed by atoms with Crippen LogP contribution in [0.4, 0.5) is 0 Å². The van der Waals surface area contributed by atoms with Crippen molar-refractivity contribution in [2.45, 2.75) is 44.7 Å². The molecule has 1 aliphatic heterocycles. The highest BCUT2D eigenvalue weighted by molar-refractivity contribution is 7.80. The maximum Gasteiger partial charge on any atom is 0.225 e. The lowest BCUT2D eigenvalue weighted by molar-refractivity contribution is -0.125. The van der Waals surface area contributed by atoms with Crippen LogP contribution in [-0.2, 0) is 4.79 Å². The lowest BCUT2D eigenvalue weighted by Crippen LogP contribution is -2.42. The zero-order valence-electron chi connectivity index (χ0n) is 15.1. The number of thiocarbonyl (C=S) groups is 1. The van der Waals surface area contributed by atoms with Gasteiger partial charge >= 0.3 is 0 Å². The first-order valence-corrected chi connectivity index (χ1v) is 9.38. The average molecular weight is 362 g/mol. The molecule has 1 aromatic rings. The molecule has 0 spiro atoms. The Labute approximate surface area is 155 Å². The van der Waals surface area contributed by atoms with Crippen molar-refractivity contribution in [3.05, 3.63) is 29.8 Å². The van der Waals surface area contributed by atoms with Gasteiger partial charge < -0.3 is 20.3 Å². The number of nitrogens with one attached hydrogen (secondary N) is 2. The molecule has 2 atom stereocenters. The topological polar surface area (TPSA) is 53.6 Å². The Hall–Kier alpha value is -1.82. The Balaban J connectivity index is 1.77. The normalized spacial score (nSPS) is 22.8. The van der Waals surface area contributed by atoms with Gasteiger partial charge in [0.1, 0.15) is 5.75 Å². The van der Waals surface area contributed by atoms with E-state index in [1.54, 1.807) is 7.11 Å². The standard InChI is InChI=1S/C19H27N3O2S/c1-12(2)20-19(25)22-10-16(13-4-8-15(24-3)9-5-13)17(11-22)18(23)21-14-6-7-14/h4-5,8-9,12,14,16-17H,6-7,10-11H2,1-3H3,(H,20,25)(H,21,23)/t16-,17+/m0/s1. The minimum absolute atomic E-state index is 0.0825. The first kappa shape index (κ1) is 18.0. The molecule has 0 unspecified atom stereocenters. The van der Waals surface area contributed by atoms with E-state index in [1.807, 2.05) is 12.1 Å². The van der Waals surface area contributed by atoms with Crippen molar-refractivity contribution in [2.75, 3.05) is 20.2 Å². The van der Waals surface area contributed by atoms with Crippen LogP contribution in [-0.4, -0.2) is 48.2 Å². The molecular weight excluding hydrogens is 334 g/mol.